The van der Waals surface area contributed by atoms with E-state index in [1.165, 1.54) is 27.7 Å². The zero-order valence-electron chi connectivity index (χ0n) is 74.8. The Morgan fingerprint density at radius 3 is 0.659 bits per heavy atom. The average Bonchev–Trinajstić information content (AvgIpc) is 0.752. The van der Waals surface area contributed by atoms with Crippen molar-refractivity contribution in [1.29, 1.82) is 0 Å². The SMILES string of the molecule is CC(=O)N[C@H]1[C@H](O[C@H]2[C@@H](O)[C@@H](CO)O[C@@H](O[C@H]3[C@H](O[C@@H]4O[C@@H](C)[C@@H](O)[C@@H](O)[C@@H]4O)[C@@H](NC(C)=O)[C@H](O[C@@H]4[C@@H](O)[C@@H](CO)O[C@@H](O[C@H]5[C@H](O[C@@H]6O[C@@H](C)[C@@H](O)[C@@H](O)[C@@H]6O)[C@@H](NC(C)=O)[C@H](O[C@H]6[C@@H](O)[C@@H](CO)O[C@@H](O[C@H]7[C@H](O)[C@@H](O)C(O)O[C@@H]7CO)[C@@H]6O)O[C@@H]5CO)[C@@H]4O)O[C@@H]3CO)[C@@H]2O)O[C@H](CO)[C@@H](O[C@@H]2O[C@@H](C)[C@@H](O)[C@@H](O)[C@@H]2O)[C@@H]1O[C@@H]1O[C@H](CO)[C@H](O)[C@H](O)[C@H]1O[C@@H]1O[C@@H](C)[C@@H](O)[C@@H](O)[C@@H]1O. The lowest BCUT2D eigenvalue weighted by molar-refractivity contribution is -0.405. The lowest BCUT2D eigenvalue weighted by Gasteiger charge is -2.53. The van der Waals surface area contributed by atoms with Gasteiger partial charge in [-0.15, -0.1) is 0 Å². The van der Waals surface area contributed by atoms with E-state index in [1.54, 1.807) is 0 Å². The van der Waals surface area contributed by atoms with Gasteiger partial charge < -0.3 is 283 Å². The van der Waals surface area contributed by atoms with Gasteiger partial charge in [-0.3, -0.25) is 14.4 Å². The van der Waals surface area contributed by atoms with E-state index in [2.05, 4.69) is 16.0 Å². The second-order valence-corrected chi connectivity index (χ2v) is 35.7. The van der Waals surface area contributed by atoms with Crippen LogP contribution in [0.1, 0.15) is 48.5 Å². The quantitative estimate of drug-likeness (QED) is 0.0290. The Morgan fingerprint density at radius 1 is 0.188 bits per heavy atom. The van der Waals surface area contributed by atoms with Crippen LogP contribution >= 0.6 is 0 Å². The second-order valence-electron chi connectivity index (χ2n) is 35.7. The van der Waals surface area contributed by atoms with Crippen LogP contribution < -0.4 is 16.0 Å². The standard InChI is InChI=1S/C78H131N3O57/c1-16-34(93)42(101)49(108)71(116-16)129-59-30(15-89)127-70(33(81-22(7)92)62(59)134-78-66(46(105)38(97)23(8-82)124-78)138-74-52(111)45(104)37(96)19(4)119-74)137-65-41(100)26(11-85)123-77(55(65)114)131-58-29(14-88)126-69(32(80-21(6)91)61(58)133-73-51(110)44(103)36(95)18(3)118-73)136-64-40(99)25(10-84)122-76(54(64)113)130-57-28(13-87)125-68(31(79-20(5)90)60(57)132-72-50(109)43(102)35(94)17(2)117-72)135-63-39(98)24(9-83)121-75(53(63)112)128-56-27(12-86)120-67(115)48(107)47(56)106/h16-19,23-78,82-89,93-115H,8-15H2,1-7H3,(H,79,90)(H,80,91)(H,81,92)/t16-,17-,18-,19-,23+,24+,25+,26+,27+,28+,29+,30+,31+,32+,33+,34+,35+,36+,37+,38-,39-,40-,41-,42+,43+,44+,45+,46-,47+,48+,49-,50-,51-,52-,53+,54+,55+,56+,57+,58+,59+,60+,61+,62+,63-,64+,65-,66+,67?,68-,69-,70-,71-,72-,73-,74-,75-,76-,77-,78-/m0/s1. The number of aliphatic hydroxyl groups excluding tert-OH is 31. The van der Waals surface area contributed by atoms with Gasteiger partial charge in [-0.1, -0.05) is 0 Å². The summed E-state index contributed by atoms with van der Waals surface area (Å²) in [5, 5.41) is 357. The highest BCUT2D eigenvalue weighted by molar-refractivity contribution is 5.74. The maximum atomic E-state index is 13.9. The molecule has 60 atom stereocenters. The smallest absolute Gasteiger partial charge is 0.217 e. The molecule has 800 valence electrons. The maximum Gasteiger partial charge on any atom is 0.217 e. The molecule has 0 bridgehead atoms. The summed E-state index contributed by atoms with van der Waals surface area (Å²) in [6.45, 7) is -2.21. The van der Waals surface area contributed by atoms with Crippen molar-refractivity contribution < 1.29 is 282 Å². The van der Waals surface area contributed by atoms with Gasteiger partial charge in [-0.2, -0.15) is 0 Å². The molecule has 0 spiro atoms. The fourth-order valence-corrected chi connectivity index (χ4v) is 18.4. The Hall–Kier alpha value is -3.75. The van der Waals surface area contributed by atoms with Crippen LogP contribution in [-0.2, 0) is 123 Å². The van der Waals surface area contributed by atoms with Crippen LogP contribution in [0.4, 0.5) is 0 Å². The minimum atomic E-state index is -2.61. The highest BCUT2D eigenvalue weighted by atomic mass is 16.8. The number of hydrogen-bond donors (Lipinski definition) is 34. The van der Waals surface area contributed by atoms with Crippen LogP contribution in [0.3, 0.4) is 0 Å². The van der Waals surface area contributed by atoms with E-state index in [-0.39, 0.29) is 0 Å². The number of carbonyl (C=O) groups is 3. The van der Waals surface area contributed by atoms with Crippen molar-refractivity contribution in [3.63, 3.8) is 0 Å². The highest BCUT2D eigenvalue weighted by Gasteiger charge is 2.65. The molecule has 12 heterocycles. The summed E-state index contributed by atoms with van der Waals surface area (Å²) in [5.74, 6) is -3.19. The number of ether oxygens (including phenoxy) is 23. The number of carbonyl (C=O) groups excluding carboxylic acids is 3. The fraction of sp³-hybridized carbons (Fsp3) is 0.962. The largest absolute Gasteiger partial charge is 0.394 e. The Balaban J connectivity index is 0.872. The van der Waals surface area contributed by atoms with E-state index < -0.39 is 439 Å². The third-order valence-electron chi connectivity index (χ3n) is 26.2. The zero-order chi connectivity index (χ0) is 101. The summed E-state index contributed by atoms with van der Waals surface area (Å²) in [4.78, 5) is 41.3. The maximum absolute atomic E-state index is 13.9. The van der Waals surface area contributed by atoms with E-state index >= 15 is 0 Å². The molecule has 0 aliphatic carbocycles. The lowest BCUT2D eigenvalue weighted by atomic mass is 9.93. The molecule has 3 amide bonds. The van der Waals surface area contributed by atoms with Crippen molar-refractivity contribution in [3.8, 4) is 0 Å². The average molecular weight is 2020 g/mol. The minimum absolute atomic E-state index is 0.871. The Labute approximate surface area is 782 Å². The minimum Gasteiger partial charge on any atom is -0.394 e. The predicted molar refractivity (Wildman–Crippen MR) is 424 cm³/mol. The van der Waals surface area contributed by atoms with E-state index in [1.807, 2.05) is 0 Å². The van der Waals surface area contributed by atoms with Crippen molar-refractivity contribution in [2.75, 3.05) is 52.9 Å². The molecular weight excluding hydrogens is 1890 g/mol. The van der Waals surface area contributed by atoms with Crippen molar-refractivity contribution in [1.82, 2.24) is 16.0 Å². The highest BCUT2D eigenvalue weighted by Crippen LogP contribution is 2.44. The van der Waals surface area contributed by atoms with Crippen molar-refractivity contribution >= 4 is 17.7 Å². The van der Waals surface area contributed by atoms with E-state index in [9.17, 15) is 173 Å². The zero-order valence-corrected chi connectivity index (χ0v) is 74.8. The number of nitrogens with one attached hydrogen (secondary N) is 3. The third kappa shape index (κ3) is 24.0. The first kappa shape index (κ1) is 113. The Morgan fingerprint density at radius 2 is 0.391 bits per heavy atom. The summed E-state index contributed by atoms with van der Waals surface area (Å²) >= 11 is 0. The van der Waals surface area contributed by atoms with E-state index in [0.29, 0.717) is 0 Å². The van der Waals surface area contributed by atoms with Gasteiger partial charge >= 0.3 is 0 Å². The summed E-state index contributed by atoms with van der Waals surface area (Å²) in [5.41, 5.74) is 0. The van der Waals surface area contributed by atoms with Gasteiger partial charge in [0.05, 0.1) is 77.3 Å². The van der Waals surface area contributed by atoms with E-state index in [0.717, 1.165) is 20.8 Å². The fourth-order valence-electron chi connectivity index (χ4n) is 18.4. The van der Waals surface area contributed by atoms with Crippen LogP contribution in [-0.4, -0.2) is 597 Å². The molecule has 0 aromatic carbocycles. The molecule has 12 saturated heterocycles. The molecule has 138 heavy (non-hydrogen) atoms. The van der Waals surface area contributed by atoms with Crippen LogP contribution in [0.25, 0.3) is 0 Å². The lowest BCUT2D eigenvalue weighted by Crippen LogP contribution is -2.72. The summed E-state index contributed by atoms with van der Waals surface area (Å²) < 4.78 is 140. The number of rotatable bonds is 33. The first-order chi connectivity index (χ1) is 65.2. The molecule has 60 heteroatoms. The van der Waals surface area contributed by atoms with Crippen molar-refractivity contribution in [2.24, 2.45) is 0 Å². The molecule has 0 saturated carbocycles. The second kappa shape index (κ2) is 48.5. The number of amides is 3. The molecule has 0 aromatic heterocycles. The summed E-state index contributed by atoms with van der Waals surface area (Å²) in [7, 11) is 0. The molecule has 12 fully saturated rings. The molecule has 60 nitrogen and oxygen atoms in total. The van der Waals surface area contributed by atoms with Gasteiger partial charge in [0.1, 0.15) is 268 Å². The molecule has 0 radical (unpaired) electrons. The van der Waals surface area contributed by atoms with Gasteiger partial charge in [-0.05, 0) is 27.7 Å². The van der Waals surface area contributed by atoms with Gasteiger partial charge in [0.15, 0.2) is 75.5 Å². The number of hydrogen-bond acceptors (Lipinski definition) is 57. The van der Waals surface area contributed by atoms with Crippen molar-refractivity contribution in [3.05, 3.63) is 0 Å². The first-order valence-electron chi connectivity index (χ1n) is 44.6. The molecule has 12 rings (SSSR count). The van der Waals surface area contributed by atoms with Crippen LogP contribution in [0.5, 0.6) is 0 Å². The summed E-state index contributed by atoms with van der Waals surface area (Å²) in [6.07, 6.45) is -120. The molecule has 0 aromatic rings. The van der Waals surface area contributed by atoms with Gasteiger partial charge in [0, 0.05) is 20.8 Å². The molecule has 12 aliphatic rings. The van der Waals surface area contributed by atoms with Crippen LogP contribution in [0.2, 0.25) is 0 Å². The molecular formula is C78H131N3O57. The summed E-state index contributed by atoms with van der Waals surface area (Å²) in [6, 6.07) is -6.39. The third-order valence-corrected chi connectivity index (χ3v) is 26.2. The first-order valence-corrected chi connectivity index (χ1v) is 44.6. The van der Waals surface area contributed by atoms with Crippen LogP contribution in [0, 0.1) is 0 Å². The predicted octanol–water partition coefficient (Wildman–Crippen LogP) is -22.6. The normalized spacial score (nSPS) is 52.1. The van der Waals surface area contributed by atoms with Gasteiger partial charge in [0.2, 0.25) is 17.7 Å². The molecule has 1 unspecified atom stereocenters. The van der Waals surface area contributed by atoms with Crippen LogP contribution in [0.15, 0.2) is 0 Å². The monoisotopic (exact) mass is 2020 g/mol. The topological polar surface area (TPSA) is 927 Å². The Kier molecular flexibility index (Phi) is 39.7. The van der Waals surface area contributed by atoms with E-state index in [4.69, 9.17) is 109 Å². The van der Waals surface area contributed by atoms with Gasteiger partial charge in [-0.25, -0.2) is 0 Å². The molecule has 12 aliphatic heterocycles. The van der Waals surface area contributed by atoms with Crippen molar-refractivity contribution in [2.45, 2.75) is 417 Å². The molecule has 34 N–H and O–H groups in total. The Bertz CT molecular complexity index is 3790. The number of aliphatic hydroxyl groups is 31. The van der Waals surface area contributed by atoms with Gasteiger partial charge in [0.25, 0.3) is 0 Å².